The van der Waals surface area contributed by atoms with Crippen molar-refractivity contribution in [2.45, 2.75) is 38.8 Å². The lowest BCUT2D eigenvalue weighted by atomic mass is 9.82. The lowest BCUT2D eigenvalue weighted by molar-refractivity contribution is -0.119. The van der Waals surface area contributed by atoms with Gasteiger partial charge in [0.1, 0.15) is 5.69 Å². The Bertz CT molecular complexity index is 400. The van der Waals surface area contributed by atoms with Crippen LogP contribution < -0.4 is 5.32 Å². The first-order valence-corrected chi connectivity index (χ1v) is 6.53. The first-order valence-electron chi connectivity index (χ1n) is 5.89. The molecule has 1 N–H and O–H groups in total. The Kier molecular flexibility index (Phi) is 3.71. The number of amides is 1. The summed E-state index contributed by atoms with van der Waals surface area (Å²) in [7, 11) is 0. The number of hydrogen-bond donors (Lipinski definition) is 2. The number of nitrogens with one attached hydrogen (secondary N) is 1. The Morgan fingerprint density at radius 2 is 2.41 bits per heavy atom. The van der Waals surface area contributed by atoms with Crippen molar-refractivity contribution in [1.29, 1.82) is 0 Å². The lowest BCUT2D eigenvalue weighted by Gasteiger charge is -2.33. The van der Waals surface area contributed by atoms with Crippen LogP contribution in [0, 0.1) is 5.92 Å². The van der Waals surface area contributed by atoms with Crippen molar-refractivity contribution >= 4 is 18.5 Å². The summed E-state index contributed by atoms with van der Waals surface area (Å²) in [6.07, 6.45) is 4.18. The van der Waals surface area contributed by atoms with Crippen molar-refractivity contribution in [3.05, 3.63) is 11.9 Å². The molecule has 0 saturated heterocycles. The molecule has 2 rings (SSSR count). The van der Waals surface area contributed by atoms with Gasteiger partial charge in [0.05, 0.1) is 18.3 Å². The number of thiol groups is 1. The van der Waals surface area contributed by atoms with E-state index in [4.69, 9.17) is 0 Å². The third kappa shape index (κ3) is 2.80. The van der Waals surface area contributed by atoms with Crippen molar-refractivity contribution in [3.63, 3.8) is 0 Å². The van der Waals surface area contributed by atoms with Crippen molar-refractivity contribution in [2.75, 3.05) is 5.75 Å². The van der Waals surface area contributed by atoms with Crippen LogP contribution in [0.2, 0.25) is 0 Å². The number of aromatic nitrogens is 3. The van der Waals surface area contributed by atoms with E-state index < -0.39 is 0 Å². The molecular formula is C11H18N4OS. The highest BCUT2D eigenvalue weighted by atomic mass is 32.1. The van der Waals surface area contributed by atoms with Gasteiger partial charge in [0.25, 0.3) is 0 Å². The molecule has 1 unspecified atom stereocenters. The van der Waals surface area contributed by atoms with E-state index in [2.05, 4.69) is 28.3 Å². The fraction of sp³-hybridized carbons (Fsp3) is 0.727. The SMILES string of the molecule is CC(=O)NC(C)c1cn(C2CC(CS)C2)nn1. The molecule has 0 radical (unpaired) electrons. The van der Waals surface area contributed by atoms with Gasteiger partial charge in [-0.15, -0.1) is 5.10 Å². The fourth-order valence-electron chi connectivity index (χ4n) is 2.11. The minimum absolute atomic E-state index is 0.0502. The average molecular weight is 254 g/mol. The third-order valence-electron chi connectivity index (χ3n) is 3.23. The first-order chi connectivity index (χ1) is 8.10. The molecule has 1 aliphatic rings. The predicted molar refractivity (Wildman–Crippen MR) is 67.9 cm³/mol. The quantitative estimate of drug-likeness (QED) is 0.798. The van der Waals surface area contributed by atoms with Crippen LogP contribution in [0.25, 0.3) is 0 Å². The predicted octanol–water partition coefficient (Wildman–Crippen LogP) is 1.36. The number of hydrogen-bond acceptors (Lipinski definition) is 4. The maximum absolute atomic E-state index is 10.9. The minimum atomic E-state index is -0.0815. The molecule has 0 aromatic carbocycles. The van der Waals surface area contributed by atoms with Crippen LogP contribution in [0.5, 0.6) is 0 Å². The number of nitrogens with zero attached hydrogens (tertiary/aromatic N) is 3. The van der Waals surface area contributed by atoms with Crippen LogP contribution in [-0.2, 0) is 4.79 Å². The molecule has 1 aliphatic carbocycles. The van der Waals surface area contributed by atoms with E-state index in [1.807, 2.05) is 17.8 Å². The highest BCUT2D eigenvalue weighted by molar-refractivity contribution is 7.80. The summed E-state index contributed by atoms with van der Waals surface area (Å²) in [5.74, 6) is 1.61. The van der Waals surface area contributed by atoms with Crippen LogP contribution in [0.15, 0.2) is 6.20 Å². The molecule has 1 aromatic heterocycles. The summed E-state index contributed by atoms with van der Waals surface area (Å²) in [5.41, 5.74) is 0.814. The zero-order valence-electron chi connectivity index (χ0n) is 10.1. The molecule has 1 heterocycles. The van der Waals surface area contributed by atoms with E-state index in [0.29, 0.717) is 12.0 Å². The normalized spacial score (nSPS) is 25.1. The van der Waals surface area contributed by atoms with Gasteiger partial charge in [0, 0.05) is 6.92 Å². The van der Waals surface area contributed by atoms with Crippen LogP contribution in [0.1, 0.15) is 44.5 Å². The molecule has 0 spiro atoms. The minimum Gasteiger partial charge on any atom is -0.348 e. The summed E-state index contributed by atoms with van der Waals surface area (Å²) >= 11 is 4.28. The molecule has 0 aliphatic heterocycles. The largest absolute Gasteiger partial charge is 0.348 e. The van der Waals surface area contributed by atoms with Crippen molar-refractivity contribution in [2.24, 2.45) is 5.92 Å². The molecule has 17 heavy (non-hydrogen) atoms. The summed E-state index contributed by atoms with van der Waals surface area (Å²) in [6.45, 7) is 3.41. The maximum Gasteiger partial charge on any atom is 0.217 e. The zero-order valence-corrected chi connectivity index (χ0v) is 11.0. The van der Waals surface area contributed by atoms with Gasteiger partial charge < -0.3 is 5.32 Å². The monoisotopic (exact) mass is 254 g/mol. The number of carbonyl (C=O) groups excluding carboxylic acids is 1. The van der Waals surface area contributed by atoms with Gasteiger partial charge in [-0.2, -0.15) is 12.6 Å². The Balaban J connectivity index is 1.94. The van der Waals surface area contributed by atoms with E-state index in [0.717, 1.165) is 24.3 Å². The van der Waals surface area contributed by atoms with E-state index in [9.17, 15) is 4.79 Å². The summed E-state index contributed by atoms with van der Waals surface area (Å²) in [6, 6.07) is 0.375. The first kappa shape index (κ1) is 12.4. The number of rotatable bonds is 4. The molecule has 0 bridgehead atoms. The van der Waals surface area contributed by atoms with Crippen LogP contribution >= 0.6 is 12.6 Å². The van der Waals surface area contributed by atoms with Crippen LogP contribution in [0.3, 0.4) is 0 Å². The zero-order chi connectivity index (χ0) is 12.4. The summed E-state index contributed by atoms with van der Waals surface area (Å²) < 4.78 is 1.91. The van der Waals surface area contributed by atoms with Gasteiger partial charge in [-0.3, -0.25) is 4.79 Å². The Morgan fingerprint density at radius 3 is 3.00 bits per heavy atom. The van der Waals surface area contributed by atoms with Crippen molar-refractivity contribution in [1.82, 2.24) is 20.3 Å². The van der Waals surface area contributed by atoms with Gasteiger partial charge in [-0.05, 0) is 31.4 Å². The van der Waals surface area contributed by atoms with Crippen molar-refractivity contribution in [3.8, 4) is 0 Å². The molecule has 1 saturated carbocycles. The van der Waals surface area contributed by atoms with E-state index >= 15 is 0 Å². The van der Waals surface area contributed by atoms with Crippen molar-refractivity contribution < 1.29 is 4.79 Å². The number of carbonyl (C=O) groups is 1. The van der Waals surface area contributed by atoms with Gasteiger partial charge in [-0.1, -0.05) is 5.21 Å². The molecule has 5 nitrogen and oxygen atoms in total. The second-order valence-corrected chi connectivity index (χ2v) is 5.08. The maximum atomic E-state index is 10.9. The smallest absolute Gasteiger partial charge is 0.217 e. The Labute approximate surface area is 106 Å². The second-order valence-electron chi connectivity index (χ2n) is 4.72. The van der Waals surface area contributed by atoms with Crippen LogP contribution in [0.4, 0.5) is 0 Å². The molecular weight excluding hydrogens is 236 g/mol. The standard InChI is InChI=1S/C11H18N4OS/c1-7(12-8(2)16)11-5-15(14-13-11)10-3-9(4-10)6-17/h5,7,9-10,17H,3-4,6H2,1-2H3,(H,12,16). The lowest BCUT2D eigenvalue weighted by Crippen LogP contribution is -2.28. The second kappa shape index (κ2) is 5.08. The Morgan fingerprint density at radius 1 is 1.71 bits per heavy atom. The summed E-state index contributed by atoms with van der Waals surface area (Å²) in [5, 5.41) is 11.0. The third-order valence-corrected chi connectivity index (χ3v) is 3.75. The van der Waals surface area contributed by atoms with Gasteiger partial charge in [-0.25, -0.2) is 4.68 Å². The van der Waals surface area contributed by atoms with E-state index in [1.54, 1.807) is 0 Å². The van der Waals surface area contributed by atoms with Gasteiger partial charge in [0.15, 0.2) is 0 Å². The van der Waals surface area contributed by atoms with Crippen LogP contribution in [-0.4, -0.2) is 26.7 Å². The molecule has 1 fully saturated rings. The average Bonchev–Trinajstić information content (AvgIpc) is 2.64. The highest BCUT2D eigenvalue weighted by Crippen LogP contribution is 2.37. The fourth-order valence-corrected chi connectivity index (χ4v) is 2.41. The highest BCUT2D eigenvalue weighted by Gasteiger charge is 2.30. The van der Waals surface area contributed by atoms with E-state index in [1.165, 1.54) is 6.92 Å². The van der Waals surface area contributed by atoms with Gasteiger partial charge in [0.2, 0.25) is 5.91 Å². The molecule has 1 amide bonds. The molecule has 6 heteroatoms. The molecule has 94 valence electrons. The van der Waals surface area contributed by atoms with E-state index in [-0.39, 0.29) is 11.9 Å². The van der Waals surface area contributed by atoms with Gasteiger partial charge >= 0.3 is 0 Å². The Hall–Kier alpha value is -1.04. The summed E-state index contributed by atoms with van der Waals surface area (Å²) in [4.78, 5) is 10.9. The molecule has 1 atom stereocenters. The topological polar surface area (TPSA) is 59.8 Å². The molecule has 1 aromatic rings.